The van der Waals surface area contributed by atoms with Crippen molar-refractivity contribution < 1.29 is 19.4 Å². The van der Waals surface area contributed by atoms with E-state index < -0.39 is 12.0 Å². The predicted molar refractivity (Wildman–Crippen MR) is 165 cm³/mol. The van der Waals surface area contributed by atoms with E-state index in [4.69, 9.17) is 4.74 Å². The van der Waals surface area contributed by atoms with Crippen LogP contribution in [-0.4, -0.2) is 71.5 Å². The summed E-state index contributed by atoms with van der Waals surface area (Å²) in [5.74, 6) is -0.725. The third kappa shape index (κ3) is 7.91. The van der Waals surface area contributed by atoms with Gasteiger partial charge in [0.15, 0.2) is 0 Å². The van der Waals surface area contributed by atoms with Crippen LogP contribution in [0, 0.1) is 6.92 Å². The number of nitrogens with zero attached hydrogens (tertiary/aromatic N) is 1. The van der Waals surface area contributed by atoms with Gasteiger partial charge in [0, 0.05) is 42.0 Å². The fourth-order valence-electron chi connectivity index (χ4n) is 5.22. The number of aliphatic carboxylic acids is 1. The van der Waals surface area contributed by atoms with Gasteiger partial charge in [-0.25, -0.2) is 4.79 Å². The number of likely N-dealkylation sites (tertiary alicyclic amines) is 1. The Hall–Kier alpha value is -2.78. The molecule has 212 valence electrons. The molecule has 1 saturated heterocycles. The first-order chi connectivity index (χ1) is 19.4. The number of methoxy groups -OCH3 is 1. The van der Waals surface area contributed by atoms with E-state index in [-0.39, 0.29) is 5.91 Å². The van der Waals surface area contributed by atoms with E-state index in [0.717, 1.165) is 41.8 Å². The number of nitrogens with one attached hydrogen (secondary N) is 1. The standard InChI is InChI=1S/C32H38N2O4S2/c1-22-9-7-8-12-27(22)29-17-23(13-14-28(29)31(35)33-30(32(36)37)15-16-39-3)19-34-20-26(18-24(34)21-38-2)40-25-10-5-4-6-11-25/h4-14,17,24,26,30H,15-16,18-21H2,1-3H3,(H,33,35)(H,36,37)/t24-,26-,30-/m0/s1. The van der Waals surface area contributed by atoms with Crippen LogP contribution in [0.5, 0.6) is 0 Å². The molecule has 6 nitrogen and oxygen atoms in total. The van der Waals surface area contributed by atoms with Gasteiger partial charge in [0.2, 0.25) is 0 Å². The number of amides is 1. The number of carboxylic acids is 1. The number of carbonyl (C=O) groups excluding carboxylic acids is 1. The van der Waals surface area contributed by atoms with E-state index in [1.165, 1.54) is 4.90 Å². The second-order valence-corrected chi connectivity index (χ2v) is 12.5. The average molecular weight is 579 g/mol. The van der Waals surface area contributed by atoms with Crippen molar-refractivity contribution in [2.45, 2.75) is 48.5 Å². The molecule has 0 aliphatic carbocycles. The zero-order valence-corrected chi connectivity index (χ0v) is 25.0. The van der Waals surface area contributed by atoms with Gasteiger partial charge in [-0.1, -0.05) is 48.5 Å². The summed E-state index contributed by atoms with van der Waals surface area (Å²) in [6.45, 7) is 4.39. The summed E-state index contributed by atoms with van der Waals surface area (Å²) in [7, 11) is 1.75. The average Bonchev–Trinajstić information content (AvgIpc) is 3.31. The lowest BCUT2D eigenvalue weighted by atomic mass is 9.93. The van der Waals surface area contributed by atoms with E-state index in [9.17, 15) is 14.7 Å². The number of carbonyl (C=O) groups is 2. The molecule has 8 heteroatoms. The monoisotopic (exact) mass is 578 g/mol. The molecule has 0 saturated carbocycles. The molecule has 0 spiro atoms. The van der Waals surface area contributed by atoms with Crippen LogP contribution < -0.4 is 5.32 Å². The Morgan fingerprint density at radius 1 is 1.07 bits per heavy atom. The molecule has 1 heterocycles. The summed E-state index contributed by atoms with van der Waals surface area (Å²) in [6.07, 6.45) is 3.35. The highest BCUT2D eigenvalue weighted by Crippen LogP contribution is 2.35. The van der Waals surface area contributed by atoms with Crippen molar-refractivity contribution >= 4 is 35.4 Å². The van der Waals surface area contributed by atoms with Crippen LogP contribution in [0.1, 0.15) is 34.3 Å². The smallest absolute Gasteiger partial charge is 0.326 e. The summed E-state index contributed by atoms with van der Waals surface area (Å²) >= 11 is 3.48. The largest absolute Gasteiger partial charge is 0.480 e. The highest BCUT2D eigenvalue weighted by molar-refractivity contribution is 8.00. The molecule has 4 rings (SSSR count). The first-order valence-corrected chi connectivity index (χ1v) is 15.8. The second kappa shape index (κ2) is 14.7. The lowest BCUT2D eigenvalue weighted by Gasteiger charge is -2.24. The molecule has 3 atom stereocenters. The van der Waals surface area contributed by atoms with Crippen molar-refractivity contribution in [2.24, 2.45) is 0 Å². The van der Waals surface area contributed by atoms with Crippen LogP contribution in [-0.2, 0) is 16.1 Å². The SMILES string of the molecule is COC[C@@H]1C[C@H](Sc2ccccc2)CN1Cc1ccc(C(=O)N[C@@H](CCSC)C(=O)O)c(-c2ccccc2C)c1. The van der Waals surface area contributed by atoms with Gasteiger partial charge < -0.3 is 15.2 Å². The molecule has 3 aromatic carbocycles. The van der Waals surface area contributed by atoms with Crippen molar-refractivity contribution in [3.8, 4) is 11.1 Å². The van der Waals surface area contributed by atoms with Gasteiger partial charge in [0.25, 0.3) is 5.91 Å². The van der Waals surface area contributed by atoms with E-state index in [0.29, 0.717) is 35.6 Å². The van der Waals surface area contributed by atoms with Crippen LogP contribution in [0.3, 0.4) is 0 Å². The Bertz CT molecular complexity index is 1290. The molecule has 0 radical (unpaired) electrons. The maximum Gasteiger partial charge on any atom is 0.326 e. The zero-order valence-electron chi connectivity index (χ0n) is 23.3. The van der Waals surface area contributed by atoms with Crippen molar-refractivity contribution in [1.82, 2.24) is 10.2 Å². The van der Waals surface area contributed by atoms with Crippen molar-refractivity contribution in [3.63, 3.8) is 0 Å². The molecule has 3 aromatic rings. The van der Waals surface area contributed by atoms with Crippen molar-refractivity contribution in [3.05, 3.63) is 89.5 Å². The molecular formula is C32H38N2O4S2. The Labute approximate surface area is 245 Å². The maximum absolute atomic E-state index is 13.4. The van der Waals surface area contributed by atoms with Crippen molar-refractivity contribution in [1.29, 1.82) is 0 Å². The number of rotatable bonds is 13. The zero-order chi connectivity index (χ0) is 28.5. The first-order valence-electron chi connectivity index (χ1n) is 13.6. The van der Waals surface area contributed by atoms with Gasteiger partial charge in [-0.15, -0.1) is 11.8 Å². The molecule has 40 heavy (non-hydrogen) atoms. The molecule has 1 aliphatic rings. The molecule has 1 aliphatic heterocycles. The molecule has 1 fully saturated rings. The highest BCUT2D eigenvalue weighted by atomic mass is 32.2. The molecule has 0 unspecified atom stereocenters. The van der Waals surface area contributed by atoms with Crippen LogP contribution in [0.2, 0.25) is 0 Å². The first kappa shape index (κ1) is 30.2. The van der Waals surface area contributed by atoms with Gasteiger partial charge in [0.1, 0.15) is 6.04 Å². The van der Waals surface area contributed by atoms with E-state index >= 15 is 0 Å². The fraction of sp³-hybridized carbons (Fsp3) is 0.375. The van der Waals surface area contributed by atoms with Gasteiger partial charge in [-0.05, 0) is 78.3 Å². The number of aryl methyl sites for hydroxylation is 1. The van der Waals surface area contributed by atoms with Crippen LogP contribution in [0.4, 0.5) is 0 Å². The highest BCUT2D eigenvalue weighted by Gasteiger charge is 2.33. The van der Waals surface area contributed by atoms with Gasteiger partial charge in [0.05, 0.1) is 6.61 Å². The Balaban J connectivity index is 1.59. The summed E-state index contributed by atoms with van der Waals surface area (Å²) in [6, 6.07) is 23.8. The van der Waals surface area contributed by atoms with E-state index in [1.54, 1.807) is 18.9 Å². The molecule has 2 N–H and O–H groups in total. The van der Waals surface area contributed by atoms with Gasteiger partial charge in [-0.2, -0.15) is 11.8 Å². The number of hydrogen-bond donors (Lipinski definition) is 2. The minimum atomic E-state index is -1.02. The fourth-order valence-corrected chi connectivity index (χ4v) is 6.98. The summed E-state index contributed by atoms with van der Waals surface area (Å²) in [5.41, 5.74) is 4.44. The minimum Gasteiger partial charge on any atom is -0.480 e. The third-order valence-electron chi connectivity index (χ3n) is 7.26. The molecule has 0 aromatic heterocycles. The van der Waals surface area contributed by atoms with Crippen LogP contribution in [0.25, 0.3) is 11.1 Å². The number of benzene rings is 3. The Kier molecular flexibility index (Phi) is 11.1. The van der Waals surface area contributed by atoms with Gasteiger partial charge in [-0.3, -0.25) is 9.69 Å². The molecule has 1 amide bonds. The third-order valence-corrected chi connectivity index (χ3v) is 9.12. The van der Waals surface area contributed by atoms with Crippen molar-refractivity contribution in [2.75, 3.05) is 32.3 Å². The van der Waals surface area contributed by atoms with E-state index in [1.807, 2.05) is 67.4 Å². The minimum absolute atomic E-state index is 0.309. The number of ether oxygens (including phenoxy) is 1. The normalized spacial score (nSPS) is 18.0. The Morgan fingerprint density at radius 2 is 1.82 bits per heavy atom. The molecular weight excluding hydrogens is 540 g/mol. The topological polar surface area (TPSA) is 78.9 Å². The Morgan fingerprint density at radius 3 is 2.52 bits per heavy atom. The summed E-state index contributed by atoms with van der Waals surface area (Å²) < 4.78 is 5.58. The molecule has 0 bridgehead atoms. The summed E-state index contributed by atoms with van der Waals surface area (Å²) in [4.78, 5) is 29.0. The maximum atomic E-state index is 13.4. The quantitative estimate of drug-likeness (QED) is 0.258. The number of hydrogen-bond acceptors (Lipinski definition) is 6. The van der Waals surface area contributed by atoms with Crippen LogP contribution in [0.15, 0.2) is 77.7 Å². The number of thioether (sulfide) groups is 2. The lowest BCUT2D eigenvalue weighted by Crippen LogP contribution is -2.41. The van der Waals surface area contributed by atoms with Crippen LogP contribution >= 0.6 is 23.5 Å². The second-order valence-electron chi connectivity index (χ2n) is 10.2. The summed E-state index contributed by atoms with van der Waals surface area (Å²) in [5, 5.41) is 12.9. The van der Waals surface area contributed by atoms with E-state index in [2.05, 4.69) is 40.5 Å². The number of carboxylic acid groups (broad SMARTS) is 1. The van der Waals surface area contributed by atoms with Gasteiger partial charge >= 0.3 is 5.97 Å². The predicted octanol–water partition coefficient (Wildman–Crippen LogP) is 5.98. The lowest BCUT2D eigenvalue weighted by molar-refractivity contribution is -0.139.